The quantitative estimate of drug-likeness (QED) is 0.0257. The van der Waals surface area contributed by atoms with Gasteiger partial charge in [0.2, 0.25) is 18.1 Å². The molecule has 51 heavy (non-hydrogen) atoms. The maximum absolute atomic E-state index is 13.3. The van der Waals surface area contributed by atoms with E-state index in [9.17, 15) is 9.59 Å². The molecular weight excluding hydrogens is 631 g/mol. The van der Waals surface area contributed by atoms with Gasteiger partial charge in [-0.1, -0.05) is 161 Å². The van der Waals surface area contributed by atoms with Gasteiger partial charge in [-0.3, -0.25) is 14.9 Å². The number of quaternary nitrogens is 1. The normalized spacial score (nSPS) is 13.3. The zero-order chi connectivity index (χ0) is 37.8. The summed E-state index contributed by atoms with van der Waals surface area (Å²) in [6, 6.07) is -0.505. The Hall–Kier alpha value is -1.44. The van der Waals surface area contributed by atoms with Crippen LogP contribution in [-0.2, 0) is 9.59 Å². The van der Waals surface area contributed by atoms with Crippen molar-refractivity contribution in [2.24, 2.45) is 0 Å². The van der Waals surface area contributed by atoms with Crippen molar-refractivity contribution in [2.75, 3.05) is 48.3 Å². The Morgan fingerprint density at radius 3 is 1.41 bits per heavy atom. The maximum Gasteiger partial charge on any atom is 0.242 e. The van der Waals surface area contributed by atoms with Crippen LogP contribution in [0.25, 0.3) is 0 Å². The van der Waals surface area contributed by atoms with Gasteiger partial charge in [0.05, 0.1) is 21.1 Å². The Kier molecular flexibility index (Phi) is 34.6. The van der Waals surface area contributed by atoms with Crippen LogP contribution < -0.4 is 16.0 Å². The highest BCUT2D eigenvalue weighted by atomic mass is 16.2. The van der Waals surface area contributed by atoms with Crippen molar-refractivity contribution in [3.8, 4) is 0 Å². The van der Waals surface area contributed by atoms with Crippen molar-refractivity contribution in [3.63, 3.8) is 0 Å². The number of carbonyl (C=O) groups excluding carboxylic acids is 2. The Morgan fingerprint density at radius 1 is 0.569 bits per heavy atom. The van der Waals surface area contributed by atoms with Gasteiger partial charge < -0.3 is 15.1 Å². The number of nitrogens with zero attached hydrogens (tertiary/aromatic N) is 2. The Bertz CT molecular complexity index is 810. The van der Waals surface area contributed by atoms with E-state index in [1.165, 1.54) is 148 Å². The number of amides is 2. The third-order valence-corrected chi connectivity index (χ3v) is 10.1. The fourth-order valence-electron chi connectivity index (χ4n) is 7.05. The molecule has 0 spiro atoms. The van der Waals surface area contributed by atoms with Crippen molar-refractivity contribution in [3.05, 3.63) is 12.2 Å². The van der Waals surface area contributed by atoms with E-state index in [4.69, 9.17) is 0 Å². The third kappa shape index (κ3) is 32.9. The molecular formula is C44H90N5O2+. The molecule has 0 heterocycles. The molecule has 3 N–H and O–H groups in total. The van der Waals surface area contributed by atoms with Crippen LogP contribution in [0.5, 0.6) is 0 Å². The van der Waals surface area contributed by atoms with Crippen LogP contribution in [0, 0.1) is 0 Å². The highest BCUT2D eigenvalue weighted by Crippen LogP contribution is 2.14. The second-order valence-corrected chi connectivity index (χ2v) is 16.5. The molecule has 2 amide bonds. The largest absolute Gasteiger partial charge is 0.354 e. The zero-order valence-corrected chi connectivity index (χ0v) is 35.4. The van der Waals surface area contributed by atoms with E-state index < -0.39 is 6.04 Å². The molecule has 0 aromatic rings. The molecule has 7 heteroatoms. The summed E-state index contributed by atoms with van der Waals surface area (Å²) in [5, 5.41) is 9.84. The van der Waals surface area contributed by atoms with E-state index in [-0.39, 0.29) is 18.1 Å². The molecule has 0 saturated carbocycles. The minimum Gasteiger partial charge on any atom is -0.354 e. The number of hydrogen-bond donors (Lipinski definition) is 3. The van der Waals surface area contributed by atoms with E-state index in [0.717, 1.165) is 30.2 Å². The van der Waals surface area contributed by atoms with E-state index in [2.05, 4.69) is 82.1 Å². The monoisotopic (exact) mass is 721 g/mol. The number of carbonyl (C=O) groups is 2. The first-order valence-electron chi connectivity index (χ1n) is 22.1. The number of unbranched alkanes of at least 4 members (excludes halogenated alkanes) is 24. The second-order valence-electron chi connectivity index (χ2n) is 16.5. The van der Waals surface area contributed by atoms with Gasteiger partial charge in [0, 0.05) is 19.5 Å². The van der Waals surface area contributed by atoms with Gasteiger partial charge in [-0.05, 0) is 59.0 Å². The molecule has 0 aromatic heterocycles. The summed E-state index contributed by atoms with van der Waals surface area (Å²) in [4.78, 5) is 28.4. The summed E-state index contributed by atoms with van der Waals surface area (Å²) in [6.45, 7) is 5.89. The number of allylic oxidation sites excluding steroid dienone is 2. The van der Waals surface area contributed by atoms with Crippen LogP contribution >= 0.6 is 0 Å². The molecule has 0 fully saturated rings. The fourth-order valence-corrected chi connectivity index (χ4v) is 7.05. The zero-order valence-electron chi connectivity index (χ0n) is 35.4. The SMILES string of the molecule is CCCCCCCC/C=C/CCCCCCCC(=O)NC(CCNC(N(C)C)[N+](C)(C)C)C(=O)NCCCCCCCCCCCCCCCC. The van der Waals surface area contributed by atoms with Gasteiger partial charge in [0.15, 0.2) is 0 Å². The lowest BCUT2D eigenvalue weighted by atomic mass is 10.0. The van der Waals surface area contributed by atoms with Crippen LogP contribution in [-0.4, -0.2) is 81.9 Å². The van der Waals surface area contributed by atoms with Gasteiger partial charge in [-0.25, -0.2) is 4.90 Å². The van der Waals surface area contributed by atoms with Crippen LogP contribution in [0.15, 0.2) is 12.2 Å². The van der Waals surface area contributed by atoms with Crippen molar-refractivity contribution < 1.29 is 14.1 Å². The van der Waals surface area contributed by atoms with Crippen molar-refractivity contribution in [2.45, 2.75) is 212 Å². The maximum atomic E-state index is 13.3. The van der Waals surface area contributed by atoms with E-state index >= 15 is 0 Å². The summed E-state index contributed by atoms with van der Waals surface area (Å²) >= 11 is 0. The Morgan fingerprint density at radius 2 is 0.980 bits per heavy atom. The van der Waals surface area contributed by atoms with Gasteiger partial charge in [0.25, 0.3) is 0 Å². The molecule has 302 valence electrons. The first kappa shape index (κ1) is 49.6. The third-order valence-electron chi connectivity index (χ3n) is 10.1. The summed E-state index contributed by atoms with van der Waals surface area (Å²) in [5.74, 6) is -0.0453. The highest BCUT2D eigenvalue weighted by Gasteiger charge is 2.27. The lowest BCUT2D eigenvalue weighted by Gasteiger charge is -2.38. The van der Waals surface area contributed by atoms with Gasteiger partial charge in [-0.2, -0.15) is 0 Å². The van der Waals surface area contributed by atoms with Crippen molar-refractivity contribution >= 4 is 11.8 Å². The molecule has 0 bridgehead atoms. The molecule has 2 atom stereocenters. The van der Waals surface area contributed by atoms with Crippen molar-refractivity contribution in [1.29, 1.82) is 0 Å². The molecule has 0 radical (unpaired) electrons. The topological polar surface area (TPSA) is 73.5 Å². The molecule has 2 unspecified atom stereocenters. The summed E-state index contributed by atoms with van der Waals surface area (Å²) < 4.78 is 0.741. The lowest BCUT2D eigenvalue weighted by Crippen LogP contribution is -2.61. The van der Waals surface area contributed by atoms with E-state index in [1.54, 1.807) is 0 Å². The number of nitrogens with one attached hydrogen (secondary N) is 3. The van der Waals surface area contributed by atoms with Crippen LogP contribution in [0.3, 0.4) is 0 Å². The summed E-state index contributed by atoms with van der Waals surface area (Å²) in [6.07, 6.45) is 40.6. The fraction of sp³-hybridized carbons (Fsp3) is 0.909. The Balaban J connectivity index is 4.34. The van der Waals surface area contributed by atoms with Crippen molar-refractivity contribution in [1.82, 2.24) is 20.9 Å². The highest BCUT2D eigenvalue weighted by molar-refractivity contribution is 5.87. The van der Waals surface area contributed by atoms with Crippen LogP contribution in [0.4, 0.5) is 0 Å². The minimum atomic E-state index is -0.505. The summed E-state index contributed by atoms with van der Waals surface area (Å²) in [5.41, 5.74) is 0. The molecule has 0 aliphatic rings. The standard InChI is InChI=1S/C44H89N5O2/c1-8-10-12-14-16-18-20-22-24-25-27-29-31-33-35-37-42(50)47-41(38-40-46-44(48(3)4)49(5,6)7)43(51)45-39-36-34-32-30-28-26-23-21-19-17-15-13-11-9-2/h22,24,41,44,46H,8-21,23,25-40H2,1-7H3,(H-,45,47,50,51)/p+1/b24-22+. The average Bonchev–Trinajstić information content (AvgIpc) is 3.08. The smallest absolute Gasteiger partial charge is 0.242 e. The first-order chi connectivity index (χ1) is 24.6. The number of rotatable bonds is 38. The summed E-state index contributed by atoms with van der Waals surface area (Å²) in [7, 11) is 10.6. The van der Waals surface area contributed by atoms with Crippen LogP contribution in [0.2, 0.25) is 0 Å². The molecule has 0 aliphatic heterocycles. The van der Waals surface area contributed by atoms with Gasteiger partial charge in [-0.15, -0.1) is 0 Å². The predicted molar refractivity (Wildman–Crippen MR) is 223 cm³/mol. The average molecular weight is 721 g/mol. The van der Waals surface area contributed by atoms with Crippen LogP contribution in [0.1, 0.15) is 200 Å². The van der Waals surface area contributed by atoms with Gasteiger partial charge in [0.1, 0.15) is 6.04 Å². The Labute approximate surface area is 318 Å². The molecule has 0 aromatic carbocycles. The molecule has 0 rings (SSSR count). The molecule has 0 saturated heterocycles. The second kappa shape index (κ2) is 35.6. The number of hydrogen-bond acceptors (Lipinski definition) is 4. The molecule has 0 aliphatic carbocycles. The first-order valence-corrected chi connectivity index (χ1v) is 22.1. The van der Waals surface area contributed by atoms with E-state index in [1.807, 2.05) is 0 Å². The van der Waals surface area contributed by atoms with Gasteiger partial charge >= 0.3 is 0 Å². The predicted octanol–water partition coefficient (Wildman–Crippen LogP) is 10.6. The minimum absolute atomic E-state index is 0.0000303. The lowest BCUT2D eigenvalue weighted by molar-refractivity contribution is -0.911. The van der Waals surface area contributed by atoms with E-state index in [0.29, 0.717) is 25.9 Å². The molecule has 7 nitrogen and oxygen atoms in total.